The number of piperidine rings is 1. The minimum Gasteiger partial charge on any atom is -0.481 e. The molecule has 2 rings (SSSR count). The van der Waals surface area contributed by atoms with Gasteiger partial charge in [0.2, 0.25) is 0 Å². The predicted octanol–water partition coefficient (Wildman–Crippen LogP) is 0.271. The zero-order chi connectivity index (χ0) is 13.0. The summed E-state index contributed by atoms with van der Waals surface area (Å²) in [7, 11) is 0. The van der Waals surface area contributed by atoms with Crippen LogP contribution in [-0.4, -0.2) is 46.4 Å². The molecule has 2 heterocycles. The first-order valence-corrected chi connectivity index (χ1v) is 6.19. The van der Waals surface area contributed by atoms with E-state index in [2.05, 4.69) is 10.3 Å². The summed E-state index contributed by atoms with van der Waals surface area (Å²) in [6.07, 6.45) is 4.25. The molecule has 0 aromatic carbocycles. The van der Waals surface area contributed by atoms with E-state index in [0.717, 1.165) is 18.9 Å². The minimum absolute atomic E-state index is 0.0105. The fourth-order valence-corrected chi connectivity index (χ4v) is 2.18. The lowest BCUT2D eigenvalue weighted by Gasteiger charge is -2.27. The molecule has 0 radical (unpaired) electrons. The second-order valence-electron chi connectivity index (χ2n) is 4.59. The number of carboxylic acids is 1. The summed E-state index contributed by atoms with van der Waals surface area (Å²) in [5.74, 6) is -0.122. The molecule has 0 amide bonds. The maximum absolute atomic E-state index is 10.9. The molecule has 6 heteroatoms. The van der Waals surface area contributed by atoms with Gasteiger partial charge in [-0.15, -0.1) is 0 Å². The summed E-state index contributed by atoms with van der Waals surface area (Å²) >= 11 is 0. The molecule has 0 spiro atoms. The Morgan fingerprint density at radius 3 is 3.17 bits per heavy atom. The smallest absolute Gasteiger partial charge is 0.307 e. The first-order valence-electron chi connectivity index (χ1n) is 6.19. The van der Waals surface area contributed by atoms with Crippen molar-refractivity contribution in [3.05, 3.63) is 18.2 Å². The molecule has 1 saturated heterocycles. The van der Waals surface area contributed by atoms with Crippen molar-refractivity contribution in [1.82, 2.24) is 14.9 Å². The van der Waals surface area contributed by atoms with E-state index in [0.29, 0.717) is 19.6 Å². The largest absolute Gasteiger partial charge is 0.481 e. The first kappa shape index (κ1) is 13.0. The van der Waals surface area contributed by atoms with Crippen LogP contribution in [0.3, 0.4) is 0 Å². The van der Waals surface area contributed by atoms with Crippen molar-refractivity contribution in [3.8, 4) is 0 Å². The van der Waals surface area contributed by atoms with Crippen LogP contribution in [0.4, 0.5) is 0 Å². The maximum atomic E-state index is 10.9. The lowest BCUT2D eigenvalue weighted by Crippen LogP contribution is -2.43. The molecule has 1 aromatic heterocycles. The highest BCUT2D eigenvalue weighted by molar-refractivity contribution is 5.70. The highest BCUT2D eigenvalue weighted by atomic mass is 16.5. The summed E-state index contributed by atoms with van der Waals surface area (Å²) in [6.45, 7) is 4.54. The van der Waals surface area contributed by atoms with Gasteiger partial charge in [-0.3, -0.25) is 4.79 Å². The van der Waals surface area contributed by atoms with E-state index in [1.54, 1.807) is 6.20 Å². The van der Waals surface area contributed by atoms with Crippen LogP contribution < -0.4 is 5.32 Å². The van der Waals surface area contributed by atoms with Crippen LogP contribution in [0.5, 0.6) is 0 Å². The summed E-state index contributed by atoms with van der Waals surface area (Å²) in [4.78, 5) is 15.0. The van der Waals surface area contributed by atoms with E-state index in [1.165, 1.54) is 0 Å². The van der Waals surface area contributed by atoms with Gasteiger partial charge in [0.1, 0.15) is 5.82 Å². The molecule has 1 aliphatic heterocycles. The van der Waals surface area contributed by atoms with Crippen molar-refractivity contribution in [2.24, 2.45) is 5.92 Å². The second kappa shape index (κ2) is 5.97. The molecule has 18 heavy (non-hydrogen) atoms. The average Bonchev–Trinajstić information content (AvgIpc) is 2.76. The molecular formula is C12H19N3O3. The van der Waals surface area contributed by atoms with Crippen LogP contribution in [0.25, 0.3) is 0 Å². The fraction of sp³-hybridized carbons (Fsp3) is 0.667. The van der Waals surface area contributed by atoms with Crippen LogP contribution in [0.2, 0.25) is 0 Å². The van der Waals surface area contributed by atoms with Gasteiger partial charge < -0.3 is 19.7 Å². The van der Waals surface area contributed by atoms with Crippen molar-refractivity contribution in [1.29, 1.82) is 0 Å². The highest BCUT2D eigenvalue weighted by Gasteiger charge is 2.26. The molecule has 1 aromatic rings. The number of carboxylic acid groups (broad SMARTS) is 1. The normalized spacial score (nSPS) is 24.1. The molecule has 0 bridgehead atoms. The van der Waals surface area contributed by atoms with Gasteiger partial charge in [0, 0.05) is 32.0 Å². The van der Waals surface area contributed by atoms with Gasteiger partial charge in [0.15, 0.2) is 0 Å². The van der Waals surface area contributed by atoms with E-state index >= 15 is 0 Å². The number of hydrogen-bond donors (Lipinski definition) is 2. The lowest BCUT2D eigenvalue weighted by molar-refractivity contribution is -0.144. The number of aliphatic carboxylic acids is 1. The van der Waals surface area contributed by atoms with E-state index < -0.39 is 5.97 Å². The minimum atomic E-state index is -0.749. The molecule has 0 saturated carbocycles. The van der Waals surface area contributed by atoms with Crippen LogP contribution >= 0.6 is 0 Å². The van der Waals surface area contributed by atoms with Crippen molar-refractivity contribution < 1.29 is 14.6 Å². The van der Waals surface area contributed by atoms with Gasteiger partial charge >= 0.3 is 5.97 Å². The topological polar surface area (TPSA) is 76.4 Å². The third kappa shape index (κ3) is 3.30. The van der Waals surface area contributed by atoms with Crippen molar-refractivity contribution in [2.75, 3.05) is 19.7 Å². The number of imidazole rings is 1. The monoisotopic (exact) mass is 253 g/mol. The third-order valence-corrected chi connectivity index (χ3v) is 3.27. The summed E-state index contributed by atoms with van der Waals surface area (Å²) in [5, 5.41) is 12.1. The van der Waals surface area contributed by atoms with Crippen molar-refractivity contribution in [2.45, 2.75) is 26.0 Å². The standard InChI is InChI=1S/C12H19N3O3/c1-9-14-2-3-15(9)4-5-18-11-6-10(12(16)17)7-13-8-11/h2-3,10-11,13H,4-8H2,1H3,(H,16,17). The summed E-state index contributed by atoms with van der Waals surface area (Å²) in [6, 6.07) is 0. The Bertz CT molecular complexity index is 405. The van der Waals surface area contributed by atoms with Crippen LogP contribution in [0, 0.1) is 12.8 Å². The Kier molecular flexibility index (Phi) is 4.33. The summed E-state index contributed by atoms with van der Waals surface area (Å²) in [5.41, 5.74) is 0. The van der Waals surface area contributed by atoms with Gasteiger partial charge in [0.25, 0.3) is 0 Å². The molecule has 2 atom stereocenters. The Morgan fingerprint density at radius 1 is 1.67 bits per heavy atom. The zero-order valence-electron chi connectivity index (χ0n) is 10.5. The Hall–Kier alpha value is -1.40. The number of carbonyl (C=O) groups is 1. The Labute approximate surface area is 106 Å². The third-order valence-electron chi connectivity index (χ3n) is 3.27. The quantitative estimate of drug-likeness (QED) is 0.787. The first-order chi connectivity index (χ1) is 8.66. The van der Waals surface area contributed by atoms with E-state index in [4.69, 9.17) is 9.84 Å². The molecular weight excluding hydrogens is 234 g/mol. The number of nitrogens with one attached hydrogen (secondary N) is 1. The van der Waals surface area contributed by atoms with Gasteiger partial charge in [-0.2, -0.15) is 0 Å². The van der Waals surface area contributed by atoms with Crippen LogP contribution in [0.15, 0.2) is 12.4 Å². The predicted molar refractivity (Wildman–Crippen MR) is 65.3 cm³/mol. The van der Waals surface area contributed by atoms with Gasteiger partial charge in [0.05, 0.1) is 18.6 Å². The average molecular weight is 253 g/mol. The van der Waals surface area contributed by atoms with E-state index in [9.17, 15) is 4.79 Å². The maximum Gasteiger partial charge on any atom is 0.307 e. The molecule has 1 fully saturated rings. The van der Waals surface area contributed by atoms with Gasteiger partial charge in [-0.1, -0.05) is 0 Å². The Balaban J connectivity index is 1.73. The number of ether oxygens (including phenoxy) is 1. The number of aryl methyl sites for hydroxylation is 1. The molecule has 100 valence electrons. The molecule has 2 N–H and O–H groups in total. The number of rotatable bonds is 5. The van der Waals surface area contributed by atoms with E-state index in [1.807, 2.05) is 17.7 Å². The second-order valence-corrected chi connectivity index (χ2v) is 4.59. The number of aromatic nitrogens is 2. The van der Waals surface area contributed by atoms with Crippen molar-refractivity contribution >= 4 is 5.97 Å². The highest BCUT2D eigenvalue weighted by Crippen LogP contribution is 2.13. The Morgan fingerprint density at radius 2 is 2.50 bits per heavy atom. The van der Waals surface area contributed by atoms with Crippen LogP contribution in [0.1, 0.15) is 12.2 Å². The molecule has 6 nitrogen and oxygen atoms in total. The molecule has 0 aliphatic carbocycles. The van der Waals surface area contributed by atoms with Gasteiger partial charge in [-0.25, -0.2) is 4.98 Å². The molecule has 2 unspecified atom stereocenters. The number of nitrogens with zero attached hydrogens (tertiary/aromatic N) is 2. The fourth-order valence-electron chi connectivity index (χ4n) is 2.18. The van der Waals surface area contributed by atoms with Crippen LogP contribution in [-0.2, 0) is 16.1 Å². The van der Waals surface area contributed by atoms with Crippen molar-refractivity contribution in [3.63, 3.8) is 0 Å². The van der Waals surface area contributed by atoms with Gasteiger partial charge in [-0.05, 0) is 13.3 Å². The zero-order valence-corrected chi connectivity index (χ0v) is 10.5. The lowest BCUT2D eigenvalue weighted by atomic mass is 9.98. The molecule has 1 aliphatic rings. The SMILES string of the molecule is Cc1nccn1CCOC1CNCC(C(=O)O)C1. The number of hydrogen-bond acceptors (Lipinski definition) is 4. The summed E-state index contributed by atoms with van der Waals surface area (Å²) < 4.78 is 7.74. The van der Waals surface area contributed by atoms with E-state index in [-0.39, 0.29) is 12.0 Å².